The number of aliphatic hydroxyl groups excluding tert-OH is 1. The predicted molar refractivity (Wildman–Crippen MR) is 79.8 cm³/mol. The number of hydrogen-bond acceptors (Lipinski definition) is 4. The lowest BCUT2D eigenvalue weighted by atomic mass is 10.1. The fourth-order valence-electron chi connectivity index (χ4n) is 1.78. The smallest absolute Gasteiger partial charge is 0.0931 e. The van der Waals surface area contributed by atoms with Gasteiger partial charge in [-0.05, 0) is 30.0 Å². The maximum Gasteiger partial charge on any atom is 0.0931 e. The van der Waals surface area contributed by atoms with Crippen molar-refractivity contribution in [1.82, 2.24) is 5.32 Å². The van der Waals surface area contributed by atoms with Gasteiger partial charge in [0, 0.05) is 15.8 Å². The van der Waals surface area contributed by atoms with E-state index in [1.54, 1.807) is 22.7 Å². The number of rotatable bonds is 6. The van der Waals surface area contributed by atoms with Crippen molar-refractivity contribution in [1.29, 1.82) is 0 Å². The van der Waals surface area contributed by atoms with Crippen LogP contribution in [0.25, 0.3) is 0 Å². The molecule has 2 N–H and O–H groups in total. The zero-order valence-electron chi connectivity index (χ0n) is 10.1. The van der Waals surface area contributed by atoms with Crippen LogP contribution in [0.2, 0.25) is 4.34 Å². The summed E-state index contributed by atoms with van der Waals surface area (Å²) in [4.78, 5) is 2.44. The van der Waals surface area contributed by atoms with Crippen LogP contribution in [0, 0.1) is 0 Å². The number of aliphatic hydroxyl groups is 1. The molecule has 0 bridgehead atoms. The van der Waals surface area contributed by atoms with E-state index in [1.165, 1.54) is 9.75 Å². The van der Waals surface area contributed by atoms with Gasteiger partial charge in [-0.3, -0.25) is 5.32 Å². The molecule has 2 aromatic heterocycles. The van der Waals surface area contributed by atoms with Gasteiger partial charge in [0.25, 0.3) is 0 Å². The normalized spacial score (nSPS) is 14.6. The Morgan fingerprint density at radius 2 is 2.17 bits per heavy atom. The molecule has 1 unspecified atom stereocenters. The van der Waals surface area contributed by atoms with E-state index in [1.807, 2.05) is 12.1 Å². The van der Waals surface area contributed by atoms with E-state index < -0.39 is 0 Å². The molecule has 0 amide bonds. The van der Waals surface area contributed by atoms with Crippen molar-refractivity contribution in [2.75, 3.05) is 6.61 Å². The molecule has 0 aromatic carbocycles. The summed E-state index contributed by atoms with van der Waals surface area (Å²) in [6.07, 6.45) is 0.900. The zero-order chi connectivity index (χ0) is 13.0. The lowest BCUT2D eigenvalue weighted by Gasteiger charge is -2.22. The molecular formula is C13H16ClNOS2. The van der Waals surface area contributed by atoms with Crippen LogP contribution in [0.5, 0.6) is 0 Å². The highest BCUT2D eigenvalue weighted by Gasteiger charge is 2.20. The van der Waals surface area contributed by atoms with Crippen LogP contribution in [-0.4, -0.2) is 17.8 Å². The van der Waals surface area contributed by atoms with E-state index in [0.29, 0.717) is 0 Å². The second-order valence-corrected chi connectivity index (χ2v) is 6.77. The number of thiophene rings is 2. The van der Waals surface area contributed by atoms with Crippen molar-refractivity contribution in [3.8, 4) is 0 Å². The van der Waals surface area contributed by atoms with Crippen LogP contribution in [-0.2, 0) is 0 Å². The van der Waals surface area contributed by atoms with Gasteiger partial charge in [0.2, 0.25) is 0 Å². The first-order valence-corrected chi connectivity index (χ1v) is 7.97. The Hall–Kier alpha value is -0.390. The van der Waals surface area contributed by atoms with Crippen LogP contribution in [0.15, 0.2) is 29.6 Å². The van der Waals surface area contributed by atoms with Gasteiger partial charge < -0.3 is 5.11 Å². The Labute approximate surface area is 120 Å². The van der Waals surface area contributed by atoms with Gasteiger partial charge in [-0.1, -0.05) is 24.6 Å². The van der Waals surface area contributed by atoms with E-state index in [9.17, 15) is 5.11 Å². The lowest BCUT2D eigenvalue weighted by Crippen LogP contribution is -2.35. The van der Waals surface area contributed by atoms with Crippen molar-refractivity contribution < 1.29 is 5.11 Å². The molecule has 0 spiro atoms. The third kappa shape index (κ3) is 3.33. The Morgan fingerprint density at radius 3 is 2.67 bits per heavy atom. The van der Waals surface area contributed by atoms with Crippen LogP contribution in [0.1, 0.15) is 29.1 Å². The molecule has 0 saturated carbocycles. The first-order chi connectivity index (χ1) is 8.74. The molecule has 18 heavy (non-hydrogen) atoms. The number of halogens is 1. The molecule has 0 aliphatic carbocycles. The van der Waals surface area contributed by atoms with Gasteiger partial charge in [-0.2, -0.15) is 0 Å². The summed E-state index contributed by atoms with van der Waals surface area (Å²) in [5, 5.41) is 14.9. The van der Waals surface area contributed by atoms with Gasteiger partial charge in [0.1, 0.15) is 0 Å². The van der Waals surface area contributed by atoms with Crippen molar-refractivity contribution in [2.45, 2.75) is 25.4 Å². The molecule has 2 heterocycles. The van der Waals surface area contributed by atoms with E-state index >= 15 is 0 Å². The molecule has 0 saturated heterocycles. The summed E-state index contributed by atoms with van der Waals surface area (Å²) in [7, 11) is 0. The molecule has 2 rings (SSSR count). The first-order valence-electron chi connectivity index (χ1n) is 5.90. The van der Waals surface area contributed by atoms with Crippen LogP contribution in [0.4, 0.5) is 0 Å². The molecule has 0 fully saturated rings. The van der Waals surface area contributed by atoms with E-state index in [2.05, 4.69) is 29.8 Å². The number of hydrogen-bond donors (Lipinski definition) is 2. The predicted octanol–water partition coefficient (Wildman–Crippen LogP) is 3.91. The minimum Gasteiger partial charge on any atom is -0.395 e. The fourth-order valence-corrected chi connectivity index (χ4v) is 3.80. The average Bonchev–Trinajstić information content (AvgIpc) is 3.02. The summed E-state index contributed by atoms with van der Waals surface area (Å²) in [6.45, 7) is 2.22. The van der Waals surface area contributed by atoms with Gasteiger partial charge in [0.05, 0.1) is 17.0 Å². The Morgan fingerprint density at radius 1 is 1.33 bits per heavy atom. The molecule has 2 nitrogen and oxygen atoms in total. The molecule has 98 valence electrons. The molecule has 5 heteroatoms. The monoisotopic (exact) mass is 301 g/mol. The molecular weight excluding hydrogens is 286 g/mol. The summed E-state index contributed by atoms with van der Waals surface area (Å²) in [5.74, 6) is 0. The second kappa shape index (κ2) is 6.68. The fraction of sp³-hybridized carbons (Fsp3) is 0.385. The maximum atomic E-state index is 9.34. The highest BCUT2D eigenvalue weighted by atomic mass is 35.5. The largest absolute Gasteiger partial charge is 0.395 e. The standard InChI is InChI=1S/C13H16ClNOS2/c1-2-9(8-16)15-13(10-4-3-7-17-10)11-5-6-12(14)18-11/h3-7,9,13,15-16H,2,8H2,1H3/t9-,13?/m0/s1. The van der Waals surface area contributed by atoms with Crippen molar-refractivity contribution >= 4 is 34.3 Å². The minimum atomic E-state index is 0.109. The molecule has 0 radical (unpaired) electrons. The Bertz CT molecular complexity index is 465. The Kier molecular flexibility index (Phi) is 5.21. The SMILES string of the molecule is CC[C@@H](CO)NC(c1cccs1)c1ccc(Cl)s1. The van der Waals surface area contributed by atoms with Crippen LogP contribution >= 0.6 is 34.3 Å². The highest BCUT2D eigenvalue weighted by Crippen LogP contribution is 2.33. The zero-order valence-corrected chi connectivity index (χ0v) is 12.5. The maximum absolute atomic E-state index is 9.34. The summed E-state index contributed by atoms with van der Waals surface area (Å²) >= 11 is 9.32. The van der Waals surface area contributed by atoms with Gasteiger partial charge >= 0.3 is 0 Å². The quantitative estimate of drug-likeness (QED) is 0.848. The third-order valence-electron chi connectivity index (χ3n) is 2.82. The molecule has 2 atom stereocenters. The Balaban J connectivity index is 2.23. The summed E-state index contributed by atoms with van der Waals surface area (Å²) in [5.41, 5.74) is 0. The molecule has 2 aromatic rings. The number of nitrogens with one attached hydrogen (secondary N) is 1. The lowest BCUT2D eigenvalue weighted by molar-refractivity contribution is 0.233. The van der Waals surface area contributed by atoms with Crippen molar-refractivity contribution in [2.24, 2.45) is 0 Å². The molecule has 0 aliphatic heterocycles. The highest BCUT2D eigenvalue weighted by molar-refractivity contribution is 7.16. The topological polar surface area (TPSA) is 32.3 Å². The average molecular weight is 302 g/mol. The second-order valence-electron chi connectivity index (χ2n) is 4.04. The minimum absolute atomic E-state index is 0.109. The summed E-state index contributed by atoms with van der Waals surface area (Å²) < 4.78 is 0.797. The molecule has 0 aliphatic rings. The third-order valence-corrected chi connectivity index (χ3v) is 5.05. The van der Waals surface area contributed by atoms with E-state index in [4.69, 9.17) is 11.6 Å². The first kappa shape index (κ1) is 14.0. The van der Waals surface area contributed by atoms with E-state index in [0.717, 1.165) is 10.8 Å². The van der Waals surface area contributed by atoms with Gasteiger partial charge in [0.15, 0.2) is 0 Å². The summed E-state index contributed by atoms with van der Waals surface area (Å²) in [6, 6.07) is 8.36. The van der Waals surface area contributed by atoms with Crippen molar-refractivity contribution in [3.05, 3.63) is 43.7 Å². The van der Waals surface area contributed by atoms with Crippen molar-refractivity contribution in [3.63, 3.8) is 0 Å². The van der Waals surface area contributed by atoms with Gasteiger partial charge in [-0.15, -0.1) is 22.7 Å². The van der Waals surface area contributed by atoms with E-state index in [-0.39, 0.29) is 18.7 Å². The van der Waals surface area contributed by atoms with Crippen LogP contribution in [0.3, 0.4) is 0 Å². The van der Waals surface area contributed by atoms with Gasteiger partial charge in [-0.25, -0.2) is 0 Å². The van der Waals surface area contributed by atoms with Crippen LogP contribution < -0.4 is 5.32 Å².